The third kappa shape index (κ3) is 3.14. The smallest absolute Gasteiger partial charge is 0.00463 e. The zero-order valence-electron chi connectivity index (χ0n) is 8.60. The van der Waals surface area contributed by atoms with Crippen molar-refractivity contribution in [2.75, 3.05) is 13.1 Å². The van der Waals surface area contributed by atoms with Crippen molar-refractivity contribution in [1.82, 2.24) is 5.32 Å². The van der Waals surface area contributed by atoms with Crippen molar-refractivity contribution in [3.05, 3.63) is 0 Å². The van der Waals surface area contributed by atoms with E-state index in [1.54, 1.807) is 0 Å². The van der Waals surface area contributed by atoms with Gasteiger partial charge in [-0.05, 0) is 44.2 Å². The molecule has 0 spiro atoms. The lowest BCUT2D eigenvalue weighted by molar-refractivity contribution is 0.289. The Morgan fingerprint density at radius 3 is 2.25 bits per heavy atom. The minimum atomic E-state index is 0.994. The molecule has 1 heterocycles. The Bertz CT molecular complexity index is 102. The molecular formula is C11H23N. The lowest BCUT2D eigenvalue weighted by Crippen LogP contribution is -2.28. The Hall–Kier alpha value is -0.0400. The first-order valence-electron chi connectivity index (χ1n) is 5.57. The van der Waals surface area contributed by atoms with E-state index >= 15 is 0 Å². The average molecular weight is 169 g/mol. The molecule has 1 fully saturated rings. The number of hydrogen-bond donors (Lipinski definition) is 1. The van der Waals surface area contributed by atoms with Gasteiger partial charge in [-0.15, -0.1) is 0 Å². The second-order valence-corrected chi connectivity index (χ2v) is 4.11. The number of piperidine rings is 1. The molecule has 0 saturated carbocycles. The maximum Gasteiger partial charge on any atom is -0.00463 e. The van der Waals surface area contributed by atoms with Crippen LogP contribution in [0.4, 0.5) is 0 Å². The van der Waals surface area contributed by atoms with Crippen LogP contribution in [-0.2, 0) is 0 Å². The van der Waals surface area contributed by atoms with Gasteiger partial charge in [-0.3, -0.25) is 0 Å². The fourth-order valence-corrected chi connectivity index (χ4v) is 2.21. The van der Waals surface area contributed by atoms with E-state index < -0.39 is 0 Å². The molecule has 0 aromatic carbocycles. The molecule has 1 aliphatic rings. The van der Waals surface area contributed by atoms with Gasteiger partial charge in [0.15, 0.2) is 0 Å². The summed E-state index contributed by atoms with van der Waals surface area (Å²) in [6.07, 6.45) is 7.06. The van der Waals surface area contributed by atoms with Crippen LogP contribution in [0.2, 0.25) is 0 Å². The van der Waals surface area contributed by atoms with Crippen molar-refractivity contribution in [2.45, 2.75) is 46.0 Å². The molecule has 1 heteroatoms. The summed E-state index contributed by atoms with van der Waals surface area (Å²) in [7, 11) is 0. The van der Waals surface area contributed by atoms with Gasteiger partial charge in [-0.2, -0.15) is 0 Å². The molecule has 0 unspecified atom stereocenters. The first-order chi connectivity index (χ1) is 5.86. The van der Waals surface area contributed by atoms with Gasteiger partial charge < -0.3 is 5.32 Å². The molecule has 12 heavy (non-hydrogen) atoms. The highest BCUT2D eigenvalue weighted by atomic mass is 14.9. The van der Waals surface area contributed by atoms with E-state index in [-0.39, 0.29) is 0 Å². The maximum absolute atomic E-state index is 3.42. The van der Waals surface area contributed by atoms with Crippen LogP contribution in [-0.4, -0.2) is 13.1 Å². The minimum Gasteiger partial charge on any atom is -0.317 e. The third-order valence-corrected chi connectivity index (χ3v) is 3.28. The Morgan fingerprint density at radius 2 is 1.75 bits per heavy atom. The molecule has 0 bridgehead atoms. The molecule has 0 amide bonds. The molecule has 0 aromatic heterocycles. The van der Waals surface area contributed by atoms with Crippen LogP contribution in [0.25, 0.3) is 0 Å². The average Bonchev–Trinajstić information content (AvgIpc) is 2.16. The summed E-state index contributed by atoms with van der Waals surface area (Å²) in [4.78, 5) is 0. The van der Waals surface area contributed by atoms with Crippen molar-refractivity contribution < 1.29 is 0 Å². The molecule has 1 saturated heterocycles. The summed E-state index contributed by atoms with van der Waals surface area (Å²) in [5, 5.41) is 3.42. The van der Waals surface area contributed by atoms with E-state index in [1.807, 2.05) is 0 Å². The maximum atomic E-state index is 3.42. The van der Waals surface area contributed by atoms with Gasteiger partial charge in [-0.25, -0.2) is 0 Å². The van der Waals surface area contributed by atoms with Crippen molar-refractivity contribution in [3.8, 4) is 0 Å². The third-order valence-electron chi connectivity index (χ3n) is 3.28. The topological polar surface area (TPSA) is 12.0 Å². The van der Waals surface area contributed by atoms with Crippen LogP contribution in [0.5, 0.6) is 0 Å². The Kier molecular flexibility index (Phi) is 4.67. The van der Waals surface area contributed by atoms with E-state index in [4.69, 9.17) is 0 Å². The van der Waals surface area contributed by atoms with Gasteiger partial charge >= 0.3 is 0 Å². The molecule has 1 nitrogen and oxygen atoms in total. The zero-order chi connectivity index (χ0) is 8.81. The number of hydrogen-bond acceptors (Lipinski definition) is 1. The summed E-state index contributed by atoms with van der Waals surface area (Å²) in [5.74, 6) is 2.02. The lowest BCUT2D eigenvalue weighted by atomic mass is 9.85. The highest BCUT2D eigenvalue weighted by Gasteiger charge is 2.16. The van der Waals surface area contributed by atoms with E-state index in [2.05, 4.69) is 19.2 Å². The van der Waals surface area contributed by atoms with Gasteiger partial charge in [-0.1, -0.05) is 26.7 Å². The lowest BCUT2D eigenvalue weighted by Gasteiger charge is -2.25. The van der Waals surface area contributed by atoms with Gasteiger partial charge in [0.1, 0.15) is 0 Å². The second-order valence-electron chi connectivity index (χ2n) is 4.11. The van der Waals surface area contributed by atoms with Crippen LogP contribution >= 0.6 is 0 Å². The molecule has 0 aliphatic carbocycles. The standard InChI is InChI=1S/C11H23N/c1-3-10(4-2)9-11-5-7-12-8-6-11/h10-12H,3-9H2,1-2H3. The van der Waals surface area contributed by atoms with Crippen LogP contribution in [0.1, 0.15) is 46.0 Å². The molecule has 72 valence electrons. The first kappa shape index (κ1) is 10.0. The summed E-state index contributed by atoms with van der Waals surface area (Å²) in [5.41, 5.74) is 0. The Balaban J connectivity index is 2.18. The first-order valence-corrected chi connectivity index (χ1v) is 5.57. The van der Waals surface area contributed by atoms with Gasteiger partial charge in [0.25, 0.3) is 0 Å². The second kappa shape index (κ2) is 5.58. The summed E-state index contributed by atoms with van der Waals surface area (Å²) >= 11 is 0. The predicted octanol–water partition coefficient (Wildman–Crippen LogP) is 2.81. The van der Waals surface area contributed by atoms with Gasteiger partial charge in [0.2, 0.25) is 0 Å². The molecular weight excluding hydrogens is 146 g/mol. The van der Waals surface area contributed by atoms with Gasteiger partial charge in [0, 0.05) is 0 Å². The van der Waals surface area contributed by atoms with E-state index in [1.165, 1.54) is 45.2 Å². The van der Waals surface area contributed by atoms with Crippen LogP contribution in [0.3, 0.4) is 0 Å². The Morgan fingerprint density at radius 1 is 1.17 bits per heavy atom. The SMILES string of the molecule is CCC(CC)CC1CCNCC1. The fraction of sp³-hybridized carbons (Fsp3) is 1.00. The highest BCUT2D eigenvalue weighted by Crippen LogP contribution is 2.24. The monoisotopic (exact) mass is 169 g/mol. The minimum absolute atomic E-state index is 0.994. The van der Waals surface area contributed by atoms with Crippen molar-refractivity contribution in [1.29, 1.82) is 0 Å². The van der Waals surface area contributed by atoms with Crippen molar-refractivity contribution >= 4 is 0 Å². The molecule has 1 aliphatic heterocycles. The van der Waals surface area contributed by atoms with Crippen LogP contribution in [0.15, 0.2) is 0 Å². The highest BCUT2D eigenvalue weighted by molar-refractivity contribution is 4.71. The summed E-state index contributed by atoms with van der Waals surface area (Å²) < 4.78 is 0. The van der Waals surface area contributed by atoms with Crippen molar-refractivity contribution in [3.63, 3.8) is 0 Å². The predicted molar refractivity (Wildman–Crippen MR) is 54.3 cm³/mol. The normalized spacial score (nSPS) is 20.2. The Labute approximate surface area is 76.9 Å². The van der Waals surface area contributed by atoms with E-state index in [9.17, 15) is 0 Å². The summed E-state index contributed by atoms with van der Waals surface area (Å²) in [6.45, 7) is 7.17. The fourth-order valence-electron chi connectivity index (χ4n) is 2.21. The van der Waals surface area contributed by atoms with E-state index in [0.29, 0.717) is 0 Å². The number of nitrogens with one attached hydrogen (secondary N) is 1. The molecule has 0 radical (unpaired) electrons. The zero-order valence-corrected chi connectivity index (χ0v) is 8.60. The van der Waals surface area contributed by atoms with Crippen molar-refractivity contribution in [2.24, 2.45) is 11.8 Å². The molecule has 0 aromatic rings. The molecule has 1 N–H and O–H groups in total. The largest absolute Gasteiger partial charge is 0.317 e. The van der Waals surface area contributed by atoms with Crippen LogP contribution < -0.4 is 5.32 Å². The van der Waals surface area contributed by atoms with E-state index in [0.717, 1.165) is 11.8 Å². The molecule has 1 rings (SSSR count). The quantitative estimate of drug-likeness (QED) is 0.682. The number of rotatable bonds is 4. The van der Waals surface area contributed by atoms with Gasteiger partial charge in [0.05, 0.1) is 0 Å². The molecule has 0 atom stereocenters. The van der Waals surface area contributed by atoms with Crippen LogP contribution in [0, 0.1) is 11.8 Å². The summed E-state index contributed by atoms with van der Waals surface area (Å²) in [6, 6.07) is 0.